The Labute approximate surface area is 133 Å². The average molecular weight is 289 g/mol. The van der Waals surface area contributed by atoms with Crippen molar-refractivity contribution in [2.75, 3.05) is 0 Å². The minimum Gasteiger partial charge on any atom is -0.0649 e. The topological polar surface area (TPSA) is 0 Å². The lowest BCUT2D eigenvalue weighted by Crippen LogP contribution is -2.30. The van der Waals surface area contributed by atoms with Gasteiger partial charge in [0, 0.05) is 0 Å². The van der Waals surface area contributed by atoms with Crippen LogP contribution in [0.1, 0.15) is 83.9 Å². The molecule has 0 heterocycles. The summed E-state index contributed by atoms with van der Waals surface area (Å²) in [6, 6.07) is 6.86. The molecule has 0 fully saturated rings. The summed E-state index contributed by atoms with van der Waals surface area (Å²) < 4.78 is 0. The van der Waals surface area contributed by atoms with Gasteiger partial charge in [0.1, 0.15) is 0 Å². The van der Waals surface area contributed by atoms with Gasteiger partial charge in [0.25, 0.3) is 0 Å². The molecule has 1 aliphatic carbocycles. The molecule has 21 heavy (non-hydrogen) atoms. The number of aryl methyl sites for hydroxylation is 3. The predicted octanol–water partition coefficient (Wildman–Crippen LogP) is 6.73. The molecule has 0 heteroatoms. The van der Waals surface area contributed by atoms with E-state index in [1.165, 1.54) is 44.1 Å². The summed E-state index contributed by atoms with van der Waals surface area (Å²) in [6.07, 6.45) is 7.92. The second kappa shape index (κ2) is 7.47. The normalized spacial score (nSPS) is 15.0. The fourth-order valence-corrected chi connectivity index (χ4v) is 2.82. The zero-order chi connectivity index (χ0) is 16.1. The van der Waals surface area contributed by atoms with Crippen molar-refractivity contribution in [3.63, 3.8) is 0 Å². The molecule has 1 aromatic carbocycles. The molecule has 2 rings (SSSR count). The molecule has 0 saturated carbocycles. The first-order chi connectivity index (χ1) is 9.73. The molecule has 0 N–H and O–H groups in total. The Hall–Kier alpha value is -0.780. The third kappa shape index (κ3) is 4.87. The minimum absolute atomic E-state index is 0.488. The van der Waals surface area contributed by atoms with Crippen LogP contribution in [0.2, 0.25) is 0 Å². The molecular weight excluding hydrogens is 252 g/mol. The van der Waals surface area contributed by atoms with Crippen LogP contribution in [0.25, 0.3) is 0 Å². The molecule has 0 saturated heterocycles. The summed E-state index contributed by atoms with van der Waals surface area (Å²) in [7, 11) is 0. The number of fused-ring (bicyclic) bond motifs is 1. The van der Waals surface area contributed by atoms with E-state index >= 15 is 0 Å². The Morgan fingerprint density at radius 1 is 0.810 bits per heavy atom. The summed E-state index contributed by atoms with van der Waals surface area (Å²) >= 11 is 0. The minimum atomic E-state index is 0.488. The lowest BCUT2D eigenvalue weighted by molar-refractivity contribution is 0.0998. The number of benzene rings is 1. The van der Waals surface area contributed by atoms with Gasteiger partial charge in [-0.2, -0.15) is 0 Å². The molecule has 0 aliphatic heterocycles. The zero-order valence-electron chi connectivity index (χ0n) is 15.5. The van der Waals surface area contributed by atoms with Gasteiger partial charge in [-0.15, -0.1) is 0 Å². The molecule has 0 radical (unpaired) electrons. The van der Waals surface area contributed by atoms with E-state index < -0.39 is 0 Å². The van der Waals surface area contributed by atoms with Gasteiger partial charge in [-0.05, 0) is 54.6 Å². The van der Waals surface area contributed by atoms with Gasteiger partial charge in [-0.3, -0.25) is 0 Å². The molecule has 1 aliphatic rings. The fourth-order valence-electron chi connectivity index (χ4n) is 2.82. The number of hydrogen-bond donors (Lipinski definition) is 0. The van der Waals surface area contributed by atoms with Gasteiger partial charge < -0.3 is 0 Å². The summed E-state index contributed by atoms with van der Waals surface area (Å²) in [4.78, 5) is 0. The molecule has 0 spiro atoms. The van der Waals surface area contributed by atoms with E-state index in [2.05, 4.69) is 66.7 Å². The monoisotopic (exact) mass is 288 g/mol. The van der Waals surface area contributed by atoms with Gasteiger partial charge in [-0.25, -0.2) is 0 Å². The Balaban J connectivity index is 0.000000212. The van der Waals surface area contributed by atoms with Crippen LogP contribution in [0.15, 0.2) is 18.2 Å². The number of rotatable bonds is 3. The second-order valence-corrected chi connectivity index (χ2v) is 7.95. The molecular formula is C21H36. The van der Waals surface area contributed by atoms with Crippen molar-refractivity contribution >= 4 is 0 Å². The fraction of sp³-hybridized carbons (Fsp3) is 0.714. The lowest BCUT2D eigenvalue weighted by Gasteiger charge is -2.40. The van der Waals surface area contributed by atoms with Crippen LogP contribution >= 0.6 is 0 Å². The van der Waals surface area contributed by atoms with Crippen molar-refractivity contribution in [3.05, 3.63) is 34.9 Å². The summed E-state index contributed by atoms with van der Waals surface area (Å²) in [6.45, 7) is 16.2. The standard InChI is InChI=1S/C11H14.C10H22/c1-9-6-7-10-4-2-3-5-11(10)8-9;1-7-9(3,4)10(5,6)8-2/h6-8H,2-5H2,1H3;7-8H2,1-6H3. The van der Waals surface area contributed by atoms with Crippen molar-refractivity contribution in [2.45, 2.75) is 87.0 Å². The predicted molar refractivity (Wildman–Crippen MR) is 96.0 cm³/mol. The highest BCUT2D eigenvalue weighted by Crippen LogP contribution is 2.43. The van der Waals surface area contributed by atoms with Crippen molar-refractivity contribution in [2.24, 2.45) is 10.8 Å². The Kier molecular flexibility index (Phi) is 6.50. The zero-order valence-corrected chi connectivity index (χ0v) is 15.5. The van der Waals surface area contributed by atoms with Crippen molar-refractivity contribution < 1.29 is 0 Å². The van der Waals surface area contributed by atoms with E-state index in [4.69, 9.17) is 0 Å². The van der Waals surface area contributed by atoms with Gasteiger partial charge in [0.2, 0.25) is 0 Å². The molecule has 0 amide bonds. The molecule has 0 aromatic heterocycles. The Morgan fingerprint density at radius 3 is 1.76 bits per heavy atom. The first-order valence-electron chi connectivity index (χ1n) is 8.82. The highest BCUT2D eigenvalue weighted by molar-refractivity contribution is 5.33. The Bertz CT molecular complexity index is 423. The largest absolute Gasteiger partial charge is 0.0649 e. The lowest BCUT2D eigenvalue weighted by atomic mass is 9.65. The first-order valence-corrected chi connectivity index (χ1v) is 8.82. The highest BCUT2D eigenvalue weighted by atomic mass is 14.4. The van der Waals surface area contributed by atoms with Crippen molar-refractivity contribution in [1.82, 2.24) is 0 Å². The highest BCUT2D eigenvalue weighted by Gasteiger charge is 2.33. The maximum absolute atomic E-state index is 2.36. The van der Waals surface area contributed by atoms with Crippen LogP contribution in [0, 0.1) is 17.8 Å². The van der Waals surface area contributed by atoms with E-state index in [-0.39, 0.29) is 0 Å². The van der Waals surface area contributed by atoms with Crippen molar-refractivity contribution in [1.29, 1.82) is 0 Å². The molecule has 120 valence electrons. The number of hydrogen-bond acceptors (Lipinski definition) is 0. The smallest absolute Gasteiger partial charge is 0.0276 e. The van der Waals surface area contributed by atoms with Gasteiger partial charge in [0.15, 0.2) is 0 Å². The molecule has 0 atom stereocenters. The van der Waals surface area contributed by atoms with Crippen LogP contribution in [-0.2, 0) is 12.8 Å². The summed E-state index contributed by atoms with van der Waals surface area (Å²) in [5.41, 5.74) is 5.56. The van der Waals surface area contributed by atoms with Crippen LogP contribution < -0.4 is 0 Å². The van der Waals surface area contributed by atoms with Gasteiger partial charge in [-0.1, -0.05) is 78.1 Å². The van der Waals surface area contributed by atoms with Crippen LogP contribution in [0.4, 0.5) is 0 Å². The van der Waals surface area contributed by atoms with Crippen LogP contribution in [-0.4, -0.2) is 0 Å². The molecule has 0 unspecified atom stereocenters. The third-order valence-corrected chi connectivity index (χ3v) is 6.10. The quantitative estimate of drug-likeness (QED) is 0.578. The SMILES string of the molecule is CCC(C)(C)C(C)(C)CC.Cc1ccc2c(c1)CCCC2. The average Bonchev–Trinajstić information content (AvgIpc) is 2.47. The molecule has 0 nitrogen and oxygen atoms in total. The third-order valence-electron chi connectivity index (χ3n) is 6.10. The maximum Gasteiger partial charge on any atom is -0.0276 e. The van der Waals surface area contributed by atoms with E-state index in [9.17, 15) is 0 Å². The maximum atomic E-state index is 2.36. The first kappa shape index (κ1) is 18.3. The van der Waals surface area contributed by atoms with Crippen molar-refractivity contribution in [3.8, 4) is 0 Å². The Morgan fingerprint density at radius 2 is 1.29 bits per heavy atom. The van der Waals surface area contributed by atoms with E-state index in [1.54, 1.807) is 11.1 Å². The second-order valence-electron chi connectivity index (χ2n) is 7.95. The molecule has 0 bridgehead atoms. The molecule has 1 aromatic rings. The van der Waals surface area contributed by atoms with E-state index in [0.29, 0.717) is 10.8 Å². The summed E-state index contributed by atoms with van der Waals surface area (Å²) in [5, 5.41) is 0. The summed E-state index contributed by atoms with van der Waals surface area (Å²) in [5.74, 6) is 0. The van der Waals surface area contributed by atoms with Crippen LogP contribution in [0.3, 0.4) is 0 Å². The van der Waals surface area contributed by atoms with E-state index in [0.717, 1.165) is 0 Å². The van der Waals surface area contributed by atoms with Gasteiger partial charge >= 0.3 is 0 Å². The van der Waals surface area contributed by atoms with Crippen LogP contribution in [0.5, 0.6) is 0 Å². The van der Waals surface area contributed by atoms with E-state index in [1.807, 2.05) is 0 Å². The van der Waals surface area contributed by atoms with Gasteiger partial charge in [0.05, 0.1) is 0 Å².